The Bertz CT molecular complexity index is 1430. The fraction of sp³-hybridized carbons (Fsp3) is 0.500. The van der Waals surface area contributed by atoms with Crippen molar-refractivity contribution in [1.29, 1.82) is 0 Å². The minimum absolute atomic E-state index is 0.00690. The molecule has 4 N–H and O–H groups in total. The lowest BCUT2D eigenvalue weighted by molar-refractivity contribution is 0.0849. The first-order valence-corrected chi connectivity index (χ1v) is 15.3. The number of rotatable bonds is 2. The lowest BCUT2D eigenvalue weighted by atomic mass is 9.69. The van der Waals surface area contributed by atoms with E-state index in [-0.39, 0.29) is 23.0 Å². The Morgan fingerprint density at radius 3 is 2.05 bits per heavy atom. The van der Waals surface area contributed by atoms with E-state index in [0.717, 1.165) is 66.5 Å². The molecule has 2 aromatic rings. The summed E-state index contributed by atoms with van der Waals surface area (Å²) in [7, 11) is 3.35. The molecule has 8 rings (SSSR count). The number of aliphatic hydroxyl groups excluding tert-OH is 2. The Morgan fingerprint density at radius 2 is 1.41 bits per heavy atom. The summed E-state index contributed by atoms with van der Waals surface area (Å²) in [6.45, 7) is 3.57. The fourth-order valence-electron chi connectivity index (χ4n) is 7.76. The predicted octanol–water partition coefficient (Wildman–Crippen LogP) is 3.78. The van der Waals surface area contributed by atoms with Gasteiger partial charge >= 0.3 is 0 Å². The summed E-state index contributed by atoms with van der Waals surface area (Å²) in [5.41, 5.74) is 4.75. The molecule has 0 amide bonds. The molecule has 2 spiro atoms. The lowest BCUT2D eigenvalue weighted by Crippen LogP contribution is -2.42. The highest BCUT2D eigenvalue weighted by molar-refractivity contribution is 9.10. The molecule has 9 heteroatoms. The van der Waals surface area contributed by atoms with Crippen LogP contribution < -0.4 is 29.6 Å². The monoisotopic (exact) mass is 624 g/mol. The van der Waals surface area contributed by atoms with Crippen LogP contribution in [0, 0.1) is 0 Å². The maximum absolute atomic E-state index is 9.96. The third kappa shape index (κ3) is 4.15. The largest absolute Gasteiger partial charge is 0.493 e. The van der Waals surface area contributed by atoms with Gasteiger partial charge in [0.05, 0.1) is 37.3 Å². The zero-order valence-corrected chi connectivity index (χ0v) is 25.0. The molecule has 0 saturated heterocycles. The van der Waals surface area contributed by atoms with E-state index in [4.69, 9.17) is 18.9 Å². The van der Waals surface area contributed by atoms with Crippen LogP contribution in [0.2, 0.25) is 0 Å². The summed E-state index contributed by atoms with van der Waals surface area (Å²) in [5.74, 6) is 3.28. The van der Waals surface area contributed by atoms with Crippen LogP contribution in [0.1, 0.15) is 47.9 Å². The molecule has 4 unspecified atom stereocenters. The summed E-state index contributed by atoms with van der Waals surface area (Å²) < 4.78 is 24.5. The van der Waals surface area contributed by atoms with Crippen LogP contribution in [-0.4, -0.2) is 61.9 Å². The molecule has 0 bridgehead atoms. The molecule has 0 saturated carbocycles. The number of hydrogen-bond acceptors (Lipinski definition) is 8. The second kappa shape index (κ2) is 10.3. The van der Waals surface area contributed by atoms with Gasteiger partial charge in [0.1, 0.15) is 12.2 Å². The van der Waals surface area contributed by atoms with Crippen LogP contribution in [0.5, 0.6) is 23.0 Å². The summed E-state index contributed by atoms with van der Waals surface area (Å²) in [6.07, 6.45) is 10.5. The third-order valence-electron chi connectivity index (χ3n) is 9.74. The first-order valence-electron chi connectivity index (χ1n) is 14.5. The number of halogens is 1. The zero-order chi connectivity index (χ0) is 28.4. The number of hydrogen-bond donors (Lipinski definition) is 4. The van der Waals surface area contributed by atoms with Crippen molar-refractivity contribution in [2.24, 2.45) is 0 Å². The fourth-order valence-corrected chi connectivity index (χ4v) is 8.31. The standard InChI is InChI=1S/C16H18BrNO3.C16H19NO3/c1-20-12-7-11(17)10-8-18-5-4-16-3-2-9(19)6-13(16)21-15(12)14(10)16;1-19-12-3-2-10-9-17-7-6-16-5-4-11(18)8-13(16)20-15(12)14(10)16/h2-3,7,9,13,18-19H,4-6,8H2,1H3;2-5,11,13,17-18H,6-9H2,1H3/t9-,13?,16?;11-,13?,16?/m00/s1. The minimum atomic E-state index is -0.427. The van der Waals surface area contributed by atoms with Gasteiger partial charge in [0, 0.05) is 41.5 Å². The van der Waals surface area contributed by atoms with E-state index in [2.05, 4.69) is 44.8 Å². The van der Waals surface area contributed by atoms with Crippen LogP contribution in [0.4, 0.5) is 0 Å². The average Bonchev–Trinajstić information content (AvgIpc) is 3.30. The van der Waals surface area contributed by atoms with Crippen molar-refractivity contribution >= 4 is 15.9 Å². The molecular weight excluding hydrogens is 588 g/mol. The van der Waals surface area contributed by atoms with Crippen LogP contribution in [0.25, 0.3) is 0 Å². The molecule has 0 fully saturated rings. The summed E-state index contributed by atoms with van der Waals surface area (Å²) in [6, 6.07) is 6.08. The van der Waals surface area contributed by atoms with Crippen molar-refractivity contribution < 1.29 is 29.2 Å². The Labute approximate surface area is 248 Å². The van der Waals surface area contributed by atoms with E-state index in [1.54, 1.807) is 14.2 Å². The average molecular weight is 626 g/mol. The number of nitrogens with one attached hydrogen (secondary N) is 2. The molecule has 6 aliphatic rings. The van der Waals surface area contributed by atoms with Gasteiger partial charge in [-0.25, -0.2) is 0 Å². The Hall–Kier alpha value is -2.56. The predicted molar refractivity (Wildman–Crippen MR) is 158 cm³/mol. The van der Waals surface area contributed by atoms with E-state index in [1.165, 1.54) is 22.3 Å². The maximum Gasteiger partial charge on any atom is 0.166 e. The molecule has 6 atom stereocenters. The molecule has 41 heavy (non-hydrogen) atoms. The molecule has 8 nitrogen and oxygen atoms in total. The molecule has 0 radical (unpaired) electrons. The van der Waals surface area contributed by atoms with Crippen molar-refractivity contribution in [3.05, 3.63) is 69.2 Å². The van der Waals surface area contributed by atoms with E-state index in [9.17, 15) is 10.2 Å². The summed E-state index contributed by atoms with van der Waals surface area (Å²) in [5, 5.41) is 26.8. The Morgan fingerprint density at radius 1 is 0.829 bits per heavy atom. The van der Waals surface area contributed by atoms with Crippen molar-refractivity contribution in [2.75, 3.05) is 27.3 Å². The van der Waals surface area contributed by atoms with E-state index < -0.39 is 12.2 Å². The Balaban J connectivity index is 0.000000135. The Kier molecular flexibility index (Phi) is 6.86. The molecule has 2 aliphatic carbocycles. The normalized spacial score (nSPS) is 33.4. The van der Waals surface area contributed by atoms with Crippen molar-refractivity contribution in [2.45, 2.75) is 74.0 Å². The molecular formula is C32H37BrN2O6. The SMILES string of the molecule is COc1cc(Br)c2c3c1OC1C[C@@H](O)C=CC31CCNC2.COc1ccc2c3c1OC1C[C@@H](O)C=CC31CCNC2. The number of aliphatic hydroxyl groups is 2. The maximum atomic E-state index is 9.96. The number of ether oxygens (including phenoxy) is 4. The second-order valence-corrected chi connectivity index (χ2v) is 12.7. The van der Waals surface area contributed by atoms with Crippen molar-refractivity contribution in [3.63, 3.8) is 0 Å². The van der Waals surface area contributed by atoms with Crippen LogP contribution >= 0.6 is 15.9 Å². The number of methoxy groups -OCH3 is 2. The summed E-state index contributed by atoms with van der Waals surface area (Å²) >= 11 is 3.67. The van der Waals surface area contributed by atoms with Crippen LogP contribution in [0.15, 0.2) is 47.0 Å². The van der Waals surface area contributed by atoms with Gasteiger partial charge < -0.3 is 39.8 Å². The van der Waals surface area contributed by atoms with Gasteiger partial charge in [-0.15, -0.1) is 0 Å². The highest BCUT2D eigenvalue weighted by Gasteiger charge is 2.53. The quantitative estimate of drug-likeness (QED) is 0.375. The van der Waals surface area contributed by atoms with Gasteiger partial charge in [0.25, 0.3) is 0 Å². The highest BCUT2D eigenvalue weighted by atomic mass is 79.9. The van der Waals surface area contributed by atoms with Gasteiger partial charge in [0.2, 0.25) is 0 Å². The smallest absolute Gasteiger partial charge is 0.166 e. The molecule has 2 aromatic carbocycles. The van der Waals surface area contributed by atoms with Gasteiger partial charge in [0.15, 0.2) is 23.0 Å². The van der Waals surface area contributed by atoms with E-state index in [0.29, 0.717) is 12.8 Å². The van der Waals surface area contributed by atoms with E-state index >= 15 is 0 Å². The van der Waals surface area contributed by atoms with Gasteiger partial charge in [-0.05, 0) is 49.2 Å². The van der Waals surface area contributed by atoms with Gasteiger partial charge in [-0.3, -0.25) is 0 Å². The first kappa shape index (κ1) is 27.3. The highest BCUT2D eigenvalue weighted by Crippen LogP contribution is 2.57. The first-order chi connectivity index (χ1) is 19.9. The van der Waals surface area contributed by atoms with Gasteiger partial charge in [-0.2, -0.15) is 0 Å². The van der Waals surface area contributed by atoms with Crippen LogP contribution in [-0.2, 0) is 23.9 Å². The topological polar surface area (TPSA) is 101 Å². The minimum Gasteiger partial charge on any atom is -0.493 e. The van der Waals surface area contributed by atoms with Crippen molar-refractivity contribution in [1.82, 2.24) is 10.6 Å². The lowest BCUT2D eigenvalue weighted by Gasteiger charge is -2.35. The summed E-state index contributed by atoms with van der Waals surface area (Å²) in [4.78, 5) is 0. The molecule has 218 valence electrons. The molecule has 4 heterocycles. The zero-order valence-electron chi connectivity index (χ0n) is 23.4. The second-order valence-electron chi connectivity index (χ2n) is 11.8. The molecule has 4 aliphatic heterocycles. The third-order valence-corrected chi connectivity index (χ3v) is 10.4. The number of benzene rings is 2. The van der Waals surface area contributed by atoms with Crippen LogP contribution in [0.3, 0.4) is 0 Å². The van der Waals surface area contributed by atoms with Gasteiger partial charge in [-0.1, -0.05) is 46.3 Å². The van der Waals surface area contributed by atoms with E-state index in [1.807, 2.05) is 24.3 Å². The van der Waals surface area contributed by atoms with Crippen molar-refractivity contribution in [3.8, 4) is 23.0 Å². The molecule has 0 aromatic heterocycles.